The smallest absolute Gasteiger partial charge is 0.435 e. The van der Waals surface area contributed by atoms with Crippen molar-refractivity contribution >= 4 is 17.6 Å². The molecule has 152 valence electrons. The molecule has 0 saturated carbocycles. The molecular weight excluding hydrogens is 375 g/mol. The largest absolute Gasteiger partial charge is 0.466 e. The van der Waals surface area contributed by atoms with E-state index in [-0.39, 0.29) is 11.8 Å². The van der Waals surface area contributed by atoms with Gasteiger partial charge in [-0.15, -0.1) is 10.2 Å². The lowest BCUT2D eigenvalue weighted by Gasteiger charge is -2.22. The highest BCUT2D eigenvalue weighted by atomic mass is 19.4. The molecule has 28 heavy (non-hydrogen) atoms. The Labute approximate surface area is 161 Å². The van der Waals surface area contributed by atoms with Crippen LogP contribution in [0.25, 0.3) is 0 Å². The molecule has 0 aromatic carbocycles. The maximum absolute atomic E-state index is 12.7. The molecule has 2 heterocycles. The average molecular weight is 397 g/mol. The number of carbonyl (C=O) groups is 1. The highest BCUT2D eigenvalue weighted by Gasteiger charge is 2.33. The SMILES string of the molecule is CCOC(=O)CCCCCCN(c1cnccn1)c1ccc(C(F)(F)F)nn1. The summed E-state index contributed by atoms with van der Waals surface area (Å²) < 4.78 is 43.0. The first-order valence-electron chi connectivity index (χ1n) is 9.02. The Morgan fingerprint density at radius 2 is 1.86 bits per heavy atom. The molecule has 0 aliphatic carbocycles. The summed E-state index contributed by atoms with van der Waals surface area (Å²) in [5.74, 6) is 0.534. The zero-order valence-corrected chi connectivity index (χ0v) is 15.5. The topological polar surface area (TPSA) is 81.1 Å². The quantitative estimate of drug-likeness (QED) is 0.444. The van der Waals surface area contributed by atoms with E-state index in [9.17, 15) is 18.0 Å². The summed E-state index contributed by atoms with van der Waals surface area (Å²) in [6, 6.07) is 2.16. The molecule has 0 unspecified atom stereocenters. The van der Waals surface area contributed by atoms with Crippen LogP contribution in [-0.2, 0) is 15.7 Å². The van der Waals surface area contributed by atoms with Gasteiger partial charge in [-0.3, -0.25) is 9.78 Å². The second kappa shape index (κ2) is 10.5. The summed E-state index contributed by atoms with van der Waals surface area (Å²) in [5, 5.41) is 6.98. The number of carbonyl (C=O) groups excluding carboxylic acids is 1. The molecule has 2 aromatic heterocycles. The van der Waals surface area contributed by atoms with Crippen LogP contribution in [-0.4, -0.2) is 39.3 Å². The van der Waals surface area contributed by atoms with Gasteiger partial charge in [-0.05, 0) is 31.9 Å². The first-order chi connectivity index (χ1) is 13.4. The van der Waals surface area contributed by atoms with Gasteiger partial charge in [-0.25, -0.2) is 4.98 Å². The minimum Gasteiger partial charge on any atom is -0.466 e. The summed E-state index contributed by atoms with van der Waals surface area (Å²) in [7, 11) is 0. The van der Waals surface area contributed by atoms with Gasteiger partial charge in [-0.2, -0.15) is 13.2 Å². The highest BCUT2D eigenvalue weighted by Crippen LogP contribution is 2.28. The number of ether oxygens (including phenoxy) is 1. The Balaban J connectivity index is 1.95. The third-order valence-electron chi connectivity index (χ3n) is 3.86. The van der Waals surface area contributed by atoms with E-state index < -0.39 is 11.9 Å². The predicted molar refractivity (Wildman–Crippen MR) is 95.8 cm³/mol. The third kappa shape index (κ3) is 6.75. The number of alkyl halides is 3. The van der Waals surface area contributed by atoms with Gasteiger partial charge in [0.05, 0.1) is 12.8 Å². The van der Waals surface area contributed by atoms with Crippen molar-refractivity contribution < 1.29 is 22.7 Å². The molecule has 0 aliphatic heterocycles. The first-order valence-corrected chi connectivity index (χ1v) is 9.02. The Hall–Kier alpha value is -2.78. The molecule has 0 amide bonds. The van der Waals surface area contributed by atoms with Crippen molar-refractivity contribution in [3.8, 4) is 0 Å². The monoisotopic (exact) mass is 397 g/mol. The van der Waals surface area contributed by atoms with E-state index in [1.54, 1.807) is 11.8 Å². The number of hydrogen-bond acceptors (Lipinski definition) is 7. The number of unbranched alkanes of at least 4 members (excludes halogenated alkanes) is 3. The van der Waals surface area contributed by atoms with Gasteiger partial charge >= 0.3 is 12.1 Å². The van der Waals surface area contributed by atoms with Crippen LogP contribution in [0.1, 0.15) is 44.7 Å². The number of nitrogens with zero attached hydrogens (tertiary/aromatic N) is 5. The van der Waals surface area contributed by atoms with Crippen LogP contribution in [0.3, 0.4) is 0 Å². The zero-order valence-electron chi connectivity index (χ0n) is 15.5. The number of esters is 1. The third-order valence-corrected chi connectivity index (χ3v) is 3.86. The van der Waals surface area contributed by atoms with Crippen molar-refractivity contribution in [3.05, 3.63) is 36.4 Å². The normalized spacial score (nSPS) is 11.3. The molecule has 0 bridgehead atoms. The Morgan fingerprint density at radius 1 is 1.07 bits per heavy atom. The van der Waals surface area contributed by atoms with Crippen LogP contribution in [0, 0.1) is 0 Å². The Kier molecular flexibility index (Phi) is 8.09. The molecule has 0 spiro atoms. The van der Waals surface area contributed by atoms with Gasteiger partial charge in [0.1, 0.15) is 0 Å². The fourth-order valence-corrected chi connectivity index (χ4v) is 2.52. The summed E-state index contributed by atoms with van der Waals surface area (Å²) in [5.41, 5.74) is -1.05. The van der Waals surface area contributed by atoms with Gasteiger partial charge in [-0.1, -0.05) is 12.8 Å². The van der Waals surface area contributed by atoms with Crippen LogP contribution < -0.4 is 4.90 Å². The molecule has 0 N–H and O–H groups in total. The molecule has 2 aromatic rings. The van der Waals surface area contributed by atoms with Crippen molar-refractivity contribution in [1.82, 2.24) is 20.2 Å². The lowest BCUT2D eigenvalue weighted by Crippen LogP contribution is -2.22. The van der Waals surface area contributed by atoms with E-state index in [1.807, 2.05) is 0 Å². The highest BCUT2D eigenvalue weighted by molar-refractivity contribution is 5.69. The summed E-state index contributed by atoms with van der Waals surface area (Å²) in [6.45, 7) is 2.63. The maximum atomic E-state index is 12.7. The number of hydrogen-bond donors (Lipinski definition) is 0. The van der Waals surface area contributed by atoms with Gasteiger partial charge in [0.15, 0.2) is 17.3 Å². The molecule has 0 atom stereocenters. The molecule has 10 heteroatoms. The van der Waals surface area contributed by atoms with Crippen molar-refractivity contribution in [2.45, 2.75) is 45.2 Å². The zero-order chi connectivity index (χ0) is 20.4. The molecule has 7 nitrogen and oxygen atoms in total. The first kappa shape index (κ1) is 21.5. The summed E-state index contributed by atoms with van der Waals surface area (Å²) >= 11 is 0. The molecule has 0 aliphatic rings. The fraction of sp³-hybridized carbons (Fsp3) is 0.500. The second-order valence-corrected chi connectivity index (χ2v) is 5.96. The summed E-state index contributed by atoms with van der Waals surface area (Å²) in [4.78, 5) is 21.2. The van der Waals surface area contributed by atoms with Crippen molar-refractivity contribution in [2.24, 2.45) is 0 Å². The Morgan fingerprint density at radius 3 is 2.46 bits per heavy atom. The van der Waals surface area contributed by atoms with Crippen molar-refractivity contribution in [2.75, 3.05) is 18.1 Å². The minimum absolute atomic E-state index is 0.205. The Bertz CT molecular complexity index is 726. The lowest BCUT2D eigenvalue weighted by molar-refractivity contribution is -0.143. The standard InChI is InChI=1S/C18H22F3N5O2/c1-2-28-17(27)7-5-3-4-6-12-26(16-13-22-10-11-23-16)15-9-8-14(24-25-15)18(19,20)21/h8-11,13H,2-7,12H2,1H3. The number of anilines is 2. The van der Waals surface area contributed by atoms with Crippen molar-refractivity contribution in [1.29, 1.82) is 0 Å². The lowest BCUT2D eigenvalue weighted by atomic mass is 10.1. The van der Waals surface area contributed by atoms with Gasteiger partial charge in [0.2, 0.25) is 0 Å². The van der Waals surface area contributed by atoms with E-state index in [0.29, 0.717) is 25.4 Å². The van der Waals surface area contributed by atoms with E-state index >= 15 is 0 Å². The second-order valence-electron chi connectivity index (χ2n) is 5.96. The van der Waals surface area contributed by atoms with E-state index in [4.69, 9.17) is 4.74 Å². The van der Waals surface area contributed by atoms with E-state index in [1.165, 1.54) is 24.7 Å². The molecule has 2 rings (SSSR count). The number of halogens is 3. The van der Waals surface area contributed by atoms with E-state index in [2.05, 4.69) is 20.2 Å². The maximum Gasteiger partial charge on any atom is 0.435 e. The molecule has 0 fully saturated rings. The predicted octanol–water partition coefficient (Wildman–Crippen LogP) is 3.94. The molecular formula is C18H22F3N5O2. The van der Waals surface area contributed by atoms with Gasteiger partial charge in [0.25, 0.3) is 0 Å². The van der Waals surface area contributed by atoms with Crippen LogP contribution in [0.5, 0.6) is 0 Å². The van der Waals surface area contributed by atoms with Crippen LogP contribution in [0.4, 0.5) is 24.8 Å². The van der Waals surface area contributed by atoms with Crippen LogP contribution >= 0.6 is 0 Å². The summed E-state index contributed by atoms with van der Waals surface area (Å²) in [6.07, 6.45) is 3.50. The van der Waals surface area contributed by atoms with Crippen molar-refractivity contribution in [3.63, 3.8) is 0 Å². The van der Waals surface area contributed by atoms with Gasteiger partial charge in [0, 0.05) is 25.4 Å². The minimum atomic E-state index is -4.54. The molecule has 0 radical (unpaired) electrons. The van der Waals surface area contributed by atoms with E-state index in [0.717, 1.165) is 31.7 Å². The van der Waals surface area contributed by atoms with Crippen LogP contribution in [0.2, 0.25) is 0 Å². The van der Waals surface area contributed by atoms with Gasteiger partial charge < -0.3 is 9.64 Å². The molecule has 0 saturated heterocycles. The number of rotatable bonds is 10. The van der Waals surface area contributed by atoms with Crippen LogP contribution in [0.15, 0.2) is 30.7 Å². The fourth-order valence-electron chi connectivity index (χ4n) is 2.52. The average Bonchev–Trinajstić information content (AvgIpc) is 2.68. The number of aromatic nitrogens is 4.